The summed E-state index contributed by atoms with van der Waals surface area (Å²) in [4.78, 5) is 12.5. The quantitative estimate of drug-likeness (QED) is 0.845. The number of sulfonamides is 1. The van der Waals surface area contributed by atoms with Gasteiger partial charge in [-0.3, -0.25) is 9.10 Å². The van der Waals surface area contributed by atoms with Crippen LogP contribution in [0.4, 0.5) is 11.4 Å². The molecule has 1 heterocycles. The van der Waals surface area contributed by atoms with Crippen molar-refractivity contribution in [2.75, 3.05) is 15.9 Å². The van der Waals surface area contributed by atoms with Crippen LogP contribution in [0.2, 0.25) is 0 Å². The molecule has 3 rings (SSSR count). The molecule has 2 aromatic rings. The van der Waals surface area contributed by atoms with E-state index < -0.39 is 10.0 Å². The molecule has 1 atom stereocenters. The lowest BCUT2D eigenvalue weighted by molar-refractivity contribution is 0.102. The van der Waals surface area contributed by atoms with Crippen LogP contribution in [0.5, 0.6) is 0 Å². The number of carbonyl (C=O) groups excluding carboxylic acids is 1. The summed E-state index contributed by atoms with van der Waals surface area (Å²) in [5, 5.41) is 2.85. The maximum absolute atomic E-state index is 12.5. The van der Waals surface area contributed by atoms with Gasteiger partial charge < -0.3 is 5.32 Å². The average molecular weight is 409 g/mol. The van der Waals surface area contributed by atoms with Crippen molar-refractivity contribution in [1.29, 1.82) is 0 Å². The van der Waals surface area contributed by atoms with Crippen molar-refractivity contribution in [3.63, 3.8) is 0 Å². The fraction of sp³-hybridized carbons (Fsp3) is 0.235. The topological polar surface area (TPSA) is 66.5 Å². The van der Waals surface area contributed by atoms with Crippen molar-refractivity contribution in [2.45, 2.75) is 19.4 Å². The molecule has 1 aliphatic rings. The minimum atomic E-state index is -3.33. The molecule has 0 aromatic heterocycles. The number of carbonyl (C=O) groups is 1. The van der Waals surface area contributed by atoms with Gasteiger partial charge in [0.1, 0.15) is 0 Å². The van der Waals surface area contributed by atoms with Gasteiger partial charge in [0.2, 0.25) is 10.0 Å². The third kappa shape index (κ3) is 3.18. The molecule has 0 saturated heterocycles. The Labute approximate surface area is 149 Å². The van der Waals surface area contributed by atoms with Gasteiger partial charge in [0.15, 0.2) is 0 Å². The van der Waals surface area contributed by atoms with E-state index >= 15 is 0 Å². The van der Waals surface area contributed by atoms with Crippen molar-refractivity contribution in [1.82, 2.24) is 0 Å². The smallest absolute Gasteiger partial charge is 0.255 e. The van der Waals surface area contributed by atoms with Crippen LogP contribution in [0.1, 0.15) is 22.8 Å². The van der Waals surface area contributed by atoms with E-state index in [2.05, 4.69) is 21.2 Å². The number of hydrogen-bond donors (Lipinski definition) is 1. The van der Waals surface area contributed by atoms with Crippen LogP contribution in [0.25, 0.3) is 0 Å². The molecular formula is C17H17BrN2O3S. The Morgan fingerprint density at radius 1 is 1.25 bits per heavy atom. The van der Waals surface area contributed by atoms with Gasteiger partial charge in [0, 0.05) is 16.1 Å². The Hall–Kier alpha value is -1.86. The van der Waals surface area contributed by atoms with Gasteiger partial charge in [0.05, 0.1) is 17.6 Å². The average Bonchev–Trinajstić information content (AvgIpc) is 2.84. The van der Waals surface area contributed by atoms with E-state index in [0.29, 0.717) is 23.4 Å². The van der Waals surface area contributed by atoms with Crippen LogP contribution < -0.4 is 9.62 Å². The number of fused-ring (bicyclic) bond motifs is 1. The molecule has 0 spiro atoms. The highest BCUT2D eigenvalue weighted by atomic mass is 79.9. The van der Waals surface area contributed by atoms with Gasteiger partial charge >= 0.3 is 0 Å². The zero-order valence-electron chi connectivity index (χ0n) is 13.3. The van der Waals surface area contributed by atoms with Crippen molar-refractivity contribution in [2.24, 2.45) is 0 Å². The number of anilines is 2. The lowest BCUT2D eigenvalue weighted by Gasteiger charge is -2.21. The van der Waals surface area contributed by atoms with Crippen LogP contribution >= 0.6 is 15.9 Å². The first-order chi connectivity index (χ1) is 11.3. The highest BCUT2D eigenvalue weighted by Crippen LogP contribution is 2.35. The standard InChI is InChI=1S/C17H17BrN2O3S/c1-11-9-13-10-12(7-8-16(13)20(11)24(2,22)23)17(21)19-15-6-4-3-5-14(15)18/h3-8,10-11H,9H2,1-2H3,(H,19,21)/t11-/m1/s1. The second-order valence-electron chi connectivity index (χ2n) is 5.89. The highest BCUT2D eigenvalue weighted by Gasteiger charge is 2.32. The fourth-order valence-electron chi connectivity index (χ4n) is 3.01. The van der Waals surface area contributed by atoms with E-state index in [9.17, 15) is 13.2 Å². The molecule has 2 aromatic carbocycles. The lowest BCUT2D eigenvalue weighted by Crippen LogP contribution is -2.34. The molecule has 0 saturated carbocycles. The number of para-hydroxylation sites is 1. The summed E-state index contributed by atoms with van der Waals surface area (Å²) >= 11 is 3.40. The first-order valence-corrected chi connectivity index (χ1v) is 10.1. The third-order valence-electron chi connectivity index (χ3n) is 3.97. The maximum atomic E-state index is 12.5. The predicted octanol–water partition coefficient (Wildman–Crippen LogP) is 3.41. The van der Waals surface area contributed by atoms with Crippen LogP contribution in [0.3, 0.4) is 0 Å². The van der Waals surface area contributed by atoms with Crippen molar-refractivity contribution >= 4 is 43.2 Å². The minimum Gasteiger partial charge on any atom is -0.321 e. The summed E-state index contributed by atoms with van der Waals surface area (Å²) in [6, 6.07) is 12.4. The van der Waals surface area contributed by atoms with Crippen LogP contribution in [-0.2, 0) is 16.4 Å². The summed E-state index contributed by atoms with van der Waals surface area (Å²) in [5.41, 5.74) is 2.72. The first kappa shape index (κ1) is 17.0. The Balaban J connectivity index is 1.89. The second-order valence-corrected chi connectivity index (χ2v) is 8.60. The Morgan fingerprint density at radius 2 is 1.96 bits per heavy atom. The van der Waals surface area contributed by atoms with Crippen LogP contribution in [-0.4, -0.2) is 26.6 Å². The van der Waals surface area contributed by atoms with Gasteiger partial charge in [-0.15, -0.1) is 0 Å². The van der Waals surface area contributed by atoms with Gasteiger partial charge in [-0.05, 0) is 65.2 Å². The van der Waals surface area contributed by atoms with Crippen LogP contribution in [0, 0.1) is 0 Å². The summed E-state index contributed by atoms with van der Waals surface area (Å²) in [6.45, 7) is 1.86. The number of hydrogen-bond acceptors (Lipinski definition) is 3. The maximum Gasteiger partial charge on any atom is 0.255 e. The number of halogens is 1. The number of nitrogens with zero attached hydrogens (tertiary/aromatic N) is 1. The normalized spacial score (nSPS) is 16.8. The summed E-state index contributed by atoms with van der Waals surface area (Å²) in [7, 11) is -3.33. The fourth-order valence-corrected chi connectivity index (χ4v) is 4.65. The predicted molar refractivity (Wildman–Crippen MR) is 99.0 cm³/mol. The van der Waals surface area contributed by atoms with Gasteiger partial charge in [0.25, 0.3) is 5.91 Å². The first-order valence-electron chi connectivity index (χ1n) is 7.45. The van der Waals surface area contributed by atoms with Gasteiger partial charge in [-0.1, -0.05) is 12.1 Å². The van der Waals surface area contributed by atoms with E-state index in [1.54, 1.807) is 18.2 Å². The molecule has 126 valence electrons. The molecule has 0 unspecified atom stereocenters. The molecule has 1 aliphatic heterocycles. The van der Waals surface area contributed by atoms with Crippen molar-refractivity contribution < 1.29 is 13.2 Å². The van der Waals surface area contributed by atoms with E-state index in [0.717, 1.165) is 10.0 Å². The summed E-state index contributed by atoms with van der Waals surface area (Å²) in [6.07, 6.45) is 1.80. The molecule has 1 amide bonds. The second kappa shape index (κ2) is 6.22. The minimum absolute atomic E-state index is 0.142. The Morgan fingerprint density at radius 3 is 2.62 bits per heavy atom. The summed E-state index contributed by atoms with van der Waals surface area (Å²) < 4.78 is 26.1. The molecule has 0 bridgehead atoms. The van der Waals surface area contributed by atoms with Gasteiger partial charge in [-0.25, -0.2) is 8.42 Å². The molecule has 0 radical (unpaired) electrons. The molecule has 7 heteroatoms. The Kier molecular flexibility index (Phi) is 4.40. The van der Waals surface area contributed by atoms with E-state index in [1.165, 1.54) is 10.6 Å². The van der Waals surface area contributed by atoms with Crippen molar-refractivity contribution in [3.8, 4) is 0 Å². The van der Waals surface area contributed by atoms with E-state index in [-0.39, 0.29) is 11.9 Å². The highest BCUT2D eigenvalue weighted by molar-refractivity contribution is 9.10. The largest absolute Gasteiger partial charge is 0.321 e. The molecular weight excluding hydrogens is 392 g/mol. The molecule has 0 fully saturated rings. The van der Waals surface area contributed by atoms with Crippen LogP contribution in [0.15, 0.2) is 46.9 Å². The lowest BCUT2D eigenvalue weighted by atomic mass is 10.1. The summed E-state index contributed by atoms with van der Waals surface area (Å²) in [5.74, 6) is -0.227. The zero-order chi connectivity index (χ0) is 17.5. The monoisotopic (exact) mass is 408 g/mol. The zero-order valence-corrected chi connectivity index (χ0v) is 15.7. The van der Waals surface area contributed by atoms with Gasteiger partial charge in [-0.2, -0.15) is 0 Å². The SMILES string of the molecule is C[C@@H]1Cc2cc(C(=O)Nc3ccccc3Br)ccc2N1S(C)(=O)=O. The molecule has 5 nitrogen and oxygen atoms in total. The van der Waals surface area contributed by atoms with Crippen molar-refractivity contribution in [3.05, 3.63) is 58.1 Å². The number of rotatable bonds is 3. The number of amides is 1. The number of nitrogens with one attached hydrogen (secondary N) is 1. The number of benzene rings is 2. The third-order valence-corrected chi connectivity index (χ3v) is 5.94. The van der Waals surface area contributed by atoms with E-state index in [1.807, 2.05) is 31.2 Å². The molecule has 24 heavy (non-hydrogen) atoms. The molecule has 0 aliphatic carbocycles. The Bertz CT molecular complexity index is 912. The molecule has 1 N–H and O–H groups in total. The van der Waals surface area contributed by atoms with E-state index in [4.69, 9.17) is 0 Å².